The lowest BCUT2D eigenvalue weighted by Crippen LogP contribution is -2.60. The summed E-state index contributed by atoms with van der Waals surface area (Å²) >= 11 is 2.29. The normalized spacial score (nSPS) is 21.4. The van der Waals surface area contributed by atoms with Crippen LogP contribution in [0.1, 0.15) is 6.92 Å². The van der Waals surface area contributed by atoms with E-state index in [1.807, 2.05) is 9.80 Å². The average Bonchev–Trinajstić information content (AvgIpc) is 3.21. The Bertz CT molecular complexity index is 1230. The van der Waals surface area contributed by atoms with Crippen LogP contribution in [0.15, 0.2) is 12.4 Å². The van der Waals surface area contributed by atoms with E-state index in [0.29, 0.717) is 62.8 Å². The molecule has 3 N–H and O–H groups in total. The summed E-state index contributed by atoms with van der Waals surface area (Å²) in [4.78, 5) is 25.9. The number of piperazine rings is 1. The second-order valence-corrected chi connectivity index (χ2v) is 9.89. The molecule has 5 rings (SSSR count). The van der Waals surface area contributed by atoms with Gasteiger partial charge in [0.25, 0.3) is 0 Å². The first-order chi connectivity index (χ1) is 17.2. The van der Waals surface area contributed by atoms with Crippen LogP contribution in [0, 0.1) is 0 Å². The molecule has 0 aliphatic carbocycles. The first-order valence-electron chi connectivity index (χ1n) is 11.5. The van der Waals surface area contributed by atoms with Crippen LogP contribution in [0.5, 0.6) is 0 Å². The van der Waals surface area contributed by atoms with Crippen molar-refractivity contribution in [2.24, 2.45) is 0 Å². The van der Waals surface area contributed by atoms with E-state index >= 15 is 0 Å². The van der Waals surface area contributed by atoms with Crippen LogP contribution < -0.4 is 20.9 Å². The van der Waals surface area contributed by atoms with Gasteiger partial charge in [-0.3, -0.25) is 4.57 Å². The molecule has 0 aromatic carbocycles. The number of rotatable bonds is 5. The predicted octanol–water partition coefficient (Wildman–Crippen LogP) is 1.87. The standard InChI is InChI=1S/C21H26F3IN10O/c1-20(10-25)11-34(3-2-29-20)19-30-14-16(33-4-6-36-7-5-33)31-15(13-8-27-18(26)28-9-13)32-17(14)35(19)12-21(22,23)24/h8-9,29H,2-7,10-12H2,1H3,(H2,26,27,28). The third-order valence-electron chi connectivity index (χ3n) is 6.19. The predicted molar refractivity (Wildman–Crippen MR) is 137 cm³/mol. The Hall–Kier alpha value is -2.53. The third-order valence-corrected chi connectivity index (χ3v) is 7.87. The minimum Gasteiger partial charge on any atom is -0.378 e. The second-order valence-electron chi connectivity index (χ2n) is 9.13. The van der Waals surface area contributed by atoms with E-state index in [-0.39, 0.29) is 28.9 Å². The van der Waals surface area contributed by atoms with Gasteiger partial charge in [0, 0.05) is 55.1 Å². The number of morpholine rings is 1. The van der Waals surface area contributed by atoms with Gasteiger partial charge in [-0.05, 0) is 6.92 Å². The molecule has 3 aromatic rings. The summed E-state index contributed by atoms with van der Waals surface area (Å²) < 4.78 is 49.0. The molecule has 11 nitrogen and oxygen atoms in total. The number of hydrogen-bond donors (Lipinski definition) is 2. The molecule has 2 saturated heterocycles. The van der Waals surface area contributed by atoms with Crippen molar-refractivity contribution in [3.8, 4) is 11.4 Å². The maximum Gasteiger partial charge on any atom is 0.406 e. The van der Waals surface area contributed by atoms with E-state index < -0.39 is 12.7 Å². The number of hydrogen-bond acceptors (Lipinski definition) is 10. The summed E-state index contributed by atoms with van der Waals surface area (Å²) in [5, 5.41) is 3.46. The van der Waals surface area contributed by atoms with E-state index in [1.165, 1.54) is 12.4 Å². The maximum atomic E-state index is 13.9. The zero-order valence-electron chi connectivity index (χ0n) is 19.6. The fourth-order valence-electron chi connectivity index (χ4n) is 4.43. The van der Waals surface area contributed by atoms with Crippen molar-refractivity contribution in [2.45, 2.75) is 25.2 Å². The molecule has 15 heteroatoms. The number of ether oxygens (including phenoxy) is 1. The number of nitrogens with zero attached hydrogens (tertiary/aromatic N) is 8. The van der Waals surface area contributed by atoms with Gasteiger partial charge in [0.15, 0.2) is 22.8 Å². The molecule has 0 spiro atoms. The molecule has 194 valence electrons. The number of fused-ring (bicyclic) bond motifs is 1. The topological polar surface area (TPSA) is 123 Å². The van der Waals surface area contributed by atoms with E-state index in [0.717, 1.165) is 8.99 Å². The van der Waals surface area contributed by atoms with Gasteiger partial charge in [0.1, 0.15) is 6.54 Å². The Morgan fingerprint density at radius 1 is 1.11 bits per heavy atom. The SMILES string of the molecule is CC1(CI)CN(c2nc3c(N4CCOCC4)nc(-c4cnc(N)nc4)nc3n2CC(F)(F)F)CCN1. The van der Waals surface area contributed by atoms with Crippen LogP contribution in [0.25, 0.3) is 22.6 Å². The van der Waals surface area contributed by atoms with Crippen LogP contribution in [0.3, 0.4) is 0 Å². The molecule has 0 amide bonds. The Kier molecular flexibility index (Phi) is 6.80. The highest BCUT2D eigenvalue weighted by Gasteiger charge is 2.37. The Morgan fingerprint density at radius 2 is 1.83 bits per heavy atom. The summed E-state index contributed by atoms with van der Waals surface area (Å²) in [7, 11) is 0. The quantitative estimate of drug-likeness (QED) is 0.324. The van der Waals surface area contributed by atoms with Crippen molar-refractivity contribution in [1.82, 2.24) is 34.8 Å². The van der Waals surface area contributed by atoms with Gasteiger partial charge in [0.2, 0.25) is 11.9 Å². The van der Waals surface area contributed by atoms with Gasteiger partial charge in [-0.1, -0.05) is 22.6 Å². The van der Waals surface area contributed by atoms with Crippen LogP contribution in [-0.4, -0.2) is 91.6 Å². The molecule has 0 radical (unpaired) electrons. The number of anilines is 3. The van der Waals surface area contributed by atoms with Crippen LogP contribution in [0.4, 0.5) is 30.9 Å². The summed E-state index contributed by atoms with van der Waals surface area (Å²) in [5.74, 6) is 0.976. The Morgan fingerprint density at radius 3 is 2.50 bits per heavy atom. The van der Waals surface area contributed by atoms with Gasteiger partial charge in [-0.25, -0.2) is 24.9 Å². The van der Waals surface area contributed by atoms with E-state index in [9.17, 15) is 13.2 Å². The number of nitrogens with one attached hydrogen (secondary N) is 1. The monoisotopic (exact) mass is 618 g/mol. The largest absolute Gasteiger partial charge is 0.406 e. The minimum absolute atomic E-state index is 0.0784. The number of nitrogen functional groups attached to an aromatic ring is 1. The molecule has 2 fully saturated rings. The zero-order valence-corrected chi connectivity index (χ0v) is 21.8. The smallest absolute Gasteiger partial charge is 0.378 e. The highest BCUT2D eigenvalue weighted by molar-refractivity contribution is 14.1. The molecule has 2 aliphatic heterocycles. The lowest BCUT2D eigenvalue weighted by atomic mass is 10.0. The maximum absolute atomic E-state index is 13.9. The number of aromatic nitrogens is 6. The molecule has 36 heavy (non-hydrogen) atoms. The van der Waals surface area contributed by atoms with Crippen molar-refractivity contribution in [3.63, 3.8) is 0 Å². The molecule has 3 aromatic heterocycles. The van der Waals surface area contributed by atoms with Crippen LogP contribution in [0.2, 0.25) is 0 Å². The summed E-state index contributed by atoms with van der Waals surface area (Å²) in [5.41, 5.74) is 6.24. The first-order valence-corrected chi connectivity index (χ1v) is 13.0. The Balaban J connectivity index is 1.71. The molecule has 0 bridgehead atoms. The molecular weight excluding hydrogens is 592 g/mol. The van der Waals surface area contributed by atoms with Crippen molar-refractivity contribution < 1.29 is 17.9 Å². The van der Waals surface area contributed by atoms with Gasteiger partial charge in [-0.15, -0.1) is 0 Å². The highest BCUT2D eigenvalue weighted by atomic mass is 127. The lowest BCUT2D eigenvalue weighted by molar-refractivity contribution is -0.139. The highest BCUT2D eigenvalue weighted by Crippen LogP contribution is 2.34. The summed E-state index contributed by atoms with van der Waals surface area (Å²) in [6.07, 6.45) is -1.56. The molecule has 1 atom stereocenters. The number of alkyl halides is 4. The average molecular weight is 618 g/mol. The minimum atomic E-state index is -4.47. The third kappa shape index (κ3) is 5.13. The Labute approximate surface area is 218 Å². The number of imidazole rings is 1. The van der Waals surface area contributed by atoms with E-state index in [2.05, 4.69) is 49.8 Å². The number of halogens is 4. The van der Waals surface area contributed by atoms with Crippen LogP contribution >= 0.6 is 22.6 Å². The van der Waals surface area contributed by atoms with Gasteiger partial charge in [-0.2, -0.15) is 13.2 Å². The fourth-order valence-corrected chi connectivity index (χ4v) is 4.94. The molecule has 1 unspecified atom stereocenters. The van der Waals surface area contributed by atoms with Gasteiger partial charge < -0.3 is 25.6 Å². The van der Waals surface area contributed by atoms with E-state index in [1.54, 1.807) is 0 Å². The molecule has 5 heterocycles. The first kappa shape index (κ1) is 25.1. The fraction of sp³-hybridized carbons (Fsp3) is 0.571. The van der Waals surface area contributed by atoms with Crippen molar-refractivity contribution in [1.29, 1.82) is 0 Å². The van der Waals surface area contributed by atoms with Gasteiger partial charge >= 0.3 is 6.18 Å². The van der Waals surface area contributed by atoms with E-state index in [4.69, 9.17) is 20.4 Å². The molecule has 0 saturated carbocycles. The lowest BCUT2D eigenvalue weighted by Gasteiger charge is -2.41. The van der Waals surface area contributed by atoms with Crippen molar-refractivity contribution in [3.05, 3.63) is 12.4 Å². The molecular formula is C21H26F3IN10O. The second kappa shape index (κ2) is 9.74. The summed E-state index contributed by atoms with van der Waals surface area (Å²) in [6.45, 7) is 4.52. The van der Waals surface area contributed by atoms with Crippen molar-refractivity contribution in [2.75, 3.05) is 65.9 Å². The number of nitrogens with two attached hydrogens (primary N) is 1. The zero-order chi connectivity index (χ0) is 25.5. The summed E-state index contributed by atoms with van der Waals surface area (Å²) in [6, 6.07) is 0. The van der Waals surface area contributed by atoms with Gasteiger partial charge in [0.05, 0.1) is 18.8 Å². The molecule has 2 aliphatic rings. The van der Waals surface area contributed by atoms with Crippen LogP contribution in [-0.2, 0) is 11.3 Å². The van der Waals surface area contributed by atoms with Crippen molar-refractivity contribution >= 4 is 51.5 Å².